The Bertz CT molecular complexity index is 1360. The van der Waals surface area contributed by atoms with Gasteiger partial charge in [0, 0.05) is 18.0 Å². The first-order valence-corrected chi connectivity index (χ1v) is 9.94. The molecule has 0 fully saturated rings. The molecule has 0 atom stereocenters. The van der Waals surface area contributed by atoms with Crippen LogP contribution in [0.4, 0.5) is 11.4 Å². The zero-order chi connectivity index (χ0) is 21.5. The summed E-state index contributed by atoms with van der Waals surface area (Å²) in [5.41, 5.74) is 3.75. The van der Waals surface area contributed by atoms with Crippen LogP contribution in [0.2, 0.25) is 0 Å². The predicted octanol–water partition coefficient (Wildman–Crippen LogP) is 4.01. The predicted molar refractivity (Wildman–Crippen MR) is 120 cm³/mol. The van der Waals surface area contributed by atoms with Crippen LogP contribution in [0, 0.1) is 0 Å². The summed E-state index contributed by atoms with van der Waals surface area (Å²) in [6.45, 7) is -0.201. The third-order valence-electron chi connectivity index (χ3n) is 5.59. The Labute approximate surface area is 178 Å². The smallest absolute Gasteiger partial charge is 0.300 e. The van der Waals surface area contributed by atoms with E-state index in [0.29, 0.717) is 28.0 Å². The lowest BCUT2D eigenvalue weighted by Crippen LogP contribution is -2.45. The molecular formula is C25H19N3O3. The van der Waals surface area contributed by atoms with E-state index in [1.165, 1.54) is 4.90 Å². The van der Waals surface area contributed by atoms with Gasteiger partial charge in [0.1, 0.15) is 6.54 Å². The molecule has 2 amide bonds. The Morgan fingerprint density at radius 1 is 0.871 bits per heavy atom. The number of aryl methyl sites for hydroxylation is 1. The van der Waals surface area contributed by atoms with Crippen LogP contribution in [0.1, 0.15) is 10.4 Å². The number of benzene rings is 3. The van der Waals surface area contributed by atoms with E-state index in [2.05, 4.69) is 5.32 Å². The molecule has 0 saturated heterocycles. The third kappa shape index (κ3) is 3.00. The number of amides is 2. The fraction of sp³-hybridized carbons (Fsp3) is 0.0800. The van der Waals surface area contributed by atoms with Crippen molar-refractivity contribution in [2.75, 3.05) is 16.8 Å². The van der Waals surface area contributed by atoms with E-state index < -0.39 is 11.7 Å². The van der Waals surface area contributed by atoms with Crippen LogP contribution >= 0.6 is 0 Å². The van der Waals surface area contributed by atoms with Gasteiger partial charge in [0.25, 0.3) is 11.7 Å². The number of nitrogens with zero attached hydrogens (tertiary/aromatic N) is 2. The van der Waals surface area contributed by atoms with Crippen LogP contribution in [-0.4, -0.2) is 28.7 Å². The molecule has 0 bridgehead atoms. The zero-order valence-corrected chi connectivity index (χ0v) is 16.8. The summed E-state index contributed by atoms with van der Waals surface area (Å²) in [6.07, 6.45) is 0. The zero-order valence-electron chi connectivity index (χ0n) is 16.8. The van der Waals surface area contributed by atoms with Crippen molar-refractivity contribution >= 4 is 39.9 Å². The normalized spacial score (nSPS) is 13.1. The van der Waals surface area contributed by atoms with Crippen molar-refractivity contribution in [2.45, 2.75) is 0 Å². The molecule has 1 aromatic heterocycles. The molecule has 1 aliphatic rings. The van der Waals surface area contributed by atoms with Crippen LogP contribution in [0.25, 0.3) is 22.2 Å². The van der Waals surface area contributed by atoms with Gasteiger partial charge in [0.15, 0.2) is 0 Å². The molecule has 1 aliphatic heterocycles. The van der Waals surface area contributed by atoms with E-state index in [9.17, 15) is 14.4 Å². The van der Waals surface area contributed by atoms with Gasteiger partial charge in [-0.1, -0.05) is 60.7 Å². The van der Waals surface area contributed by atoms with Gasteiger partial charge in [-0.2, -0.15) is 0 Å². The van der Waals surface area contributed by atoms with Crippen molar-refractivity contribution in [3.8, 4) is 11.3 Å². The topological polar surface area (TPSA) is 71.4 Å². The van der Waals surface area contributed by atoms with Gasteiger partial charge in [-0.05, 0) is 23.8 Å². The summed E-state index contributed by atoms with van der Waals surface area (Å²) in [7, 11) is 1.88. The average molecular weight is 409 g/mol. The Morgan fingerprint density at radius 3 is 2.35 bits per heavy atom. The number of para-hydroxylation sites is 3. The fourth-order valence-corrected chi connectivity index (χ4v) is 4.20. The van der Waals surface area contributed by atoms with Crippen molar-refractivity contribution in [1.82, 2.24) is 4.57 Å². The van der Waals surface area contributed by atoms with E-state index in [-0.39, 0.29) is 12.5 Å². The molecule has 1 N–H and O–H groups in total. The van der Waals surface area contributed by atoms with Crippen molar-refractivity contribution in [3.63, 3.8) is 0 Å². The number of anilines is 2. The molecule has 3 aromatic carbocycles. The first kappa shape index (κ1) is 18.8. The van der Waals surface area contributed by atoms with Crippen molar-refractivity contribution in [1.29, 1.82) is 0 Å². The first-order chi connectivity index (χ1) is 15.1. The second kappa shape index (κ2) is 7.25. The maximum Gasteiger partial charge on any atom is 0.300 e. The lowest BCUT2D eigenvalue weighted by atomic mass is 10.0. The highest BCUT2D eigenvalue weighted by Crippen LogP contribution is 2.35. The largest absolute Gasteiger partial charge is 0.343 e. The maximum atomic E-state index is 13.6. The average Bonchev–Trinajstić information content (AvgIpc) is 3.10. The molecule has 2 heterocycles. The SMILES string of the molecule is Cn1c(-c2ccccc2)c(C(=O)C(=O)N2CC(=O)Nc3ccccc32)c2ccccc21. The van der Waals surface area contributed by atoms with E-state index >= 15 is 0 Å². The molecule has 6 nitrogen and oxygen atoms in total. The van der Waals surface area contributed by atoms with E-state index in [1.54, 1.807) is 24.3 Å². The molecule has 0 saturated carbocycles. The van der Waals surface area contributed by atoms with Gasteiger partial charge in [-0.15, -0.1) is 0 Å². The Balaban J connectivity index is 1.68. The van der Waals surface area contributed by atoms with Gasteiger partial charge in [-0.25, -0.2) is 0 Å². The number of hydrogen-bond acceptors (Lipinski definition) is 3. The van der Waals surface area contributed by atoms with E-state index in [0.717, 1.165) is 11.1 Å². The van der Waals surface area contributed by atoms with E-state index in [4.69, 9.17) is 0 Å². The summed E-state index contributed by atoms with van der Waals surface area (Å²) in [5, 5.41) is 3.45. The Hall–Kier alpha value is -4.19. The number of hydrogen-bond donors (Lipinski definition) is 1. The molecule has 6 heteroatoms. The minimum absolute atomic E-state index is 0.201. The summed E-state index contributed by atoms with van der Waals surface area (Å²) < 4.78 is 1.93. The molecular weight excluding hydrogens is 390 g/mol. The standard InChI is InChI=1S/C25H19N3O3/c1-27-19-13-7-5-11-17(19)22(23(27)16-9-3-2-4-10-16)24(30)25(31)28-15-21(29)26-18-12-6-8-14-20(18)28/h2-14H,15H2,1H3,(H,26,29). The van der Waals surface area contributed by atoms with Gasteiger partial charge in [-0.3, -0.25) is 19.3 Å². The second-order valence-electron chi connectivity index (χ2n) is 7.45. The Kier molecular flexibility index (Phi) is 4.40. The molecule has 4 aromatic rings. The summed E-state index contributed by atoms with van der Waals surface area (Å²) in [6, 6.07) is 24.0. The Morgan fingerprint density at radius 2 is 1.55 bits per heavy atom. The lowest BCUT2D eigenvalue weighted by molar-refractivity contribution is -0.119. The minimum atomic E-state index is -0.726. The number of nitrogens with one attached hydrogen (secondary N) is 1. The van der Waals surface area contributed by atoms with Crippen molar-refractivity contribution < 1.29 is 14.4 Å². The molecule has 0 unspecified atom stereocenters. The van der Waals surface area contributed by atoms with Crippen molar-refractivity contribution in [3.05, 3.63) is 84.4 Å². The first-order valence-electron chi connectivity index (χ1n) is 9.94. The number of ketones is 1. The van der Waals surface area contributed by atoms with Crippen LogP contribution in [0.3, 0.4) is 0 Å². The summed E-state index contributed by atoms with van der Waals surface area (Å²) >= 11 is 0. The van der Waals surface area contributed by atoms with Gasteiger partial charge >= 0.3 is 0 Å². The number of Topliss-reactive ketones (excluding diaryl/α,β-unsaturated/α-hetero) is 1. The monoisotopic (exact) mass is 409 g/mol. The van der Waals surface area contributed by atoms with Gasteiger partial charge < -0.3 is 9.88 Å². The maximum absolute atomic E-state index is 13.6. The molecule has 31 heavy (non-hydrogen) atoms. The van der Waals surface area contributed by atoms with Gasteiger partial charge in [0.2, 0.25) is 5.91 Å². The highest BCUT2D eigenvalue weighted by atomic mass is 16.2. The van der Waals surface area contributed by atoms with Gasteiger partial charge in [0.05, 0.1) is 22.6 Å². The van der Waals surface area contributed by atoms with Crippen LogP contribution < -0.4 is 10.2 Å². The van der Waals surface area contributed by atoms with E-state index in [1.807, 2.05) is 66.2 Å². The van der Waals surface area contributed by atoms with Crippen LogP contribution in [0.15, 0.2) is 78.9 Å². The molecule has 5 rings (SSSR count). The number of rotatable bonds is 3. The quantitative estimate of drug-likeness (QED) is 0.410. The number of fused-ring (bicyclic) bond motifs is 2. The number of aromatic nitrogens is 1. The number of carbonyl (C=O) groups is 3. The highest BCUT2D eigenvalue weighted by molar-refractivity contribution is 6.50. The molecule has 0 spiro atoms. The van der Waals surface area contributed by atoms with Crippen LogP contribution in [-0.2, 0) is 16.6 Å². The lowest BCUT2D eigenvalue weighted by Gasteiger charge is -2.28. The highest BCUT2D eigenvalue weighted by Gasteiger charge is 2.34. The molecule has 0 aliphatic carbocycles. The van der Waals surface area contributed by atoms with Crippen molar-refractivity contribution in [2.24, 2.45) is 7.05 Å². The molecule has 152 valence electrons. The fourth-order valence-electron chi connectivity index (χ4n) is 4.20. The third-order valence-corrected chi connectivity index (χ3v) is 5.59. The number of carbonyl (C=O) groups excluding carboxylic acids is 3. The van der Waals surface area contributed by atoms with Crippen LogP contribution in [0.5, 0.6) is 0 Å². The molecule has 0 radical (unpaired) electrons. The second-order valence-corrected chi connectivity index (χ2v) is 7.45. The minimum Gasteiger partial charge on any atom is -0.343 e. The summed E-state index contributed by atoms with van der Waals surface area (Å²) in [5.74, 6) is -1.70. The summed E-state index contributed by atoms with van der Waals surface area (Å²) in [4.78, 5) is 40.5.